The highest BCUT2D eigenvalue weighted by Gasteiger charge is 2.55. The first-order valence-electron chi connectivity index (χ1n) is 9.72. The molecular formula is C19H24N5O5PS. The molecule has 12 heteroatoms. The van der Waals surface area contributed by atoms with Gasteiger partial charge in [-0.15, -0.1) is 0 Å². The Kier molecular flexibility index (Phi) is 5.97. The number of hydrogen-bond acceptors (Lipinski definition) is 8. The van der Waals surface area contributed by atoms with Gasteiger partial charge in [0.15, 0.2) is 5.65 Å². The van der Waals surface area contributed by atoms with Gasteiger partial charge in [0.2, 0.25) is 5.95 Å². The van der Waals surface area contributed by atoms with Crippen molar-refractivity contribution >= 4 is 36.5 Å². The first kappa shape index (κ1) is 22.0. The van der Waals surface area contributed by atoms with E-state index >= 15 is 0 Å². The summed E-state index contributed by atoms with van der Waals surface area (Å²) in [6, 6.07) is 7.57. The van der Waals surface area contributed by atoms with Crippen LogP contribution in [0.3, 0.4) is 0 Å². The summed E-state index contributed by atoms with van der Waals surface area (Å²) < 4.78 is 24.0. The summed E-state index contributed by atoms with van der Waals surface area (Å²) in [7, 11) is -2.65. The van der Waals surface area contributed by atoms with Gasteiger partial charge in [0, 0.05) is 4.90 Å². The Labute approximate surface area is 183 Å². The zero-order valence-electron chi connectivity index (χ0n) is 17.1. The summed E-state index contributed by atoms with van der Waals surface area (Å²) in [5, 5.41) is 0.624. The van der Waals surface area contributed by atoms with E-state index in [0.29, 0.717) is 22.7 Å². The van der Waals surface area contributed by atoms with Crippen LogP contribution in [0.4, 0.5) is 5.95 Å². The summed E-state index contributed by atoms with van der Waals surface area (Å²) in [5.41, 5.74) is 6.49. The van der Waals surface area contributed by atoms with Crippen LogP contribution in [-0.4, -0.2) is 48.4 Å². The molecule has 1 saturated carbocycles. The molecule has 31 heavy (non-hydrogen) atoms. The minimum absolute atomic E-state index is 0.123. The van der Waals surface area contributed by atoms with Crippen molar-refractivity contribution in [2.75, 3.05) is 19.2 Å². The maximum Gasteiger partial charge on any atom is 0.351 e. The third kappa shape index (κ3) is 4.86. The molecule has 0 radical (unpaired) electrons. The molecule has 0 saturated heterocycles. The topological polar surface area (TPSA) is 146 Å². The summed E-state index contributed by atoms with van der Waals surface area (Å²) in [6.07, 6.45) is 2.61. The van der Waals surface area contributed by atoms with Crippen molar-refractivity contribution in [2.24, 2.45) is 5.92 Å². The Balaban J connectivity index is 1.62. The van der Waals surface area contributed by atoms with Crippen LogP contribution in [0.2, 0.25) is 0 Å². The Morgan fingerprint density at radius 2 is 2.06 bits per heavy atom. The van der Waals surface area contributed by atoms with Crippen molar-refractivity contribution in [3.63, 3.8) is 0 Å². The molecule has 4 rings (SSSR count). The predicted octanol–water partition coefficient (Wildman–Crippen LogP) is 2.89. The van der Waals surface area contributed by atoms with E-state index in [2.05, 4.69) is 15.0 Å². The van der Waals surface area contributed by atoms with E-state index in [4.69, 9.17) is 15.2 Å². The van der Waals surface area contributed by atoms with Gasteiger partial charge in [0.25, 0.3) is 0 Å². The molecule has 0 aliphatic heterocycles. The highest BCUT2D eigenvalue weighted by molar-refractivity contribution is 7.99. The van der Waals surface area contributed by atoms with Crippen LogP contribution in [-0.2, 0) is 15.8 Å². The number of fused-ring (bicyclic) bond motifs is 1. The Bertz CT molecular complexity index is 1130. The third-order valence-corrected chi connectivity index (χ3v) is 6.80. The molecule has 0 bridgehead atoms. The number of nitrogens with two attached hydrogens (primary N) is 1. The first-order valence-corrected chi connectivity index (χ1v) is 12.3. The number of aromatic nitrogens is 4. The van der Waals surface area contributed by atoms with Gasteiger partial charge >= 0.3 is 7.60 Å². The molecular weight excluding hydrogens is 441 g/mol. The van der Waals surface area contributed by atoms with Crippen molar-refractivity contribution in [3.05, 3.63) is 30.6 Å². The minimum Gasteiger partial charge on any atom is -0.497 e. The van der Waals surface area contributed by atoms with Gasteiger partial charge in [-0.3, -0.25) is 4.57 Å². The van der Waals surface area contributed by atoms with Crippen LogP contribution < -0.4 is 10.5 Å². The van der Waals surface area contributed by atoms with E-state index in [-0.39, 0.29) is 11.9 Å². The highest BCUT2D eigenvalue weighted by Crippen LogP contribution is 2.52. The van der Waals surface area contributed by atoms with Crippen molar-refractivity contribution < 1.29 is 23.8 Å². The third-order valence-electron chi connectivity index (χ3n) is 5.35. The number of rotatable bonds is 9. The van der Waals surface area contributed by atoms with Gasteiger partial charge < -0.3 is 29.6 Å². The number of benzene rings is 1. The van der Waals surface area contributed by atoms with Crippen LogP contribution >= 0.6 is 19.4 Å². The molecule has 1 fully saturated rings. The van der Waals surface area contributed by atoms with Crippen LogP contribution in [0.15, 0.2) is 40.5 Å². The molecule has 166 valence electrons. The van der Waals surface area contributed by atoms with Gasteiger partial charge in [0.1, 0.15) is 22.6 Å². The Hall–Kier alpha value is -2.17. The van der Waals surface area contributed by atoms with E-state index < -0.39 is 19.5 Å². The zero-order valence-corrected chi connectivity index (χ0v) is 18.8. The monoisotopic (exact) mass is 465 g/mol. The number of hydrogen-bond donors (Lipinski definition) is 3. The molecule has 3 aromatic rings. The fraction of sp³-hybridized carbons (Fsp3) is 0.421. The molecule has 2 unspecified atom stereocenters. The molecule has 4 N–H and O–H groups in total. The fourth-order valence-electron chi connectivity index (χ4n) is 3.67. The smallest absolute Gasteiger partial charge is 0.351 e. The molecule has 2 atom stereocenters. The fourth-order valence-corrected chi connectivity index (χ4v) is 4.97. The standard InChI is InChI=1S/C19H24N5O5PS/c1-3-12-8-19(12,29-11-30(25,26)27)9-24-10-21-15-16(24)22-18(20)23-17(15)31-14-6-4-13(28-2)5-7-14/h4-7,10,12H,3,8-9,11H2,1-2H3,(H2,20,22,23)(H2,25,26,27). The van der Waals surface area contributed by atoms with Gasteiger partial charge in [-0.1, -0.05) is 25.1 Å². The number of anilines is 1. The van der Waals surface area contributed by atoms with Crippen LogP contribution in [0, 0.1) is 5.92 Å². The molecule has 2 aromatic heterocycles. The number of methoxy groups -OCH3 is 1. The van der Waals surface area contributed by atoms with Crippen LogP contribution in [0.1, 0.15) is 19.8 Å². The maximum atomic E-state index is 11.3. The van der Waals surface area contributed by atoms with Crippen LogP contribution in [0.25, 0.3) is 11.2 Å². The lowest BCUT2D eigenvalue weighted by Crippen LogP contribution is -2.25. The van der Waals surface area contributed by atoms with Crippen LogP contribution in [0.5, 0.6) is 5.75 Å². The second-order valence-electron chi connectivity index (χ2n) is 7.52. The summed E-state index contributed by atoms with van der Waals surface area (Å²) in [6.45, 7) is 2.41. The number of imidazole rings is 1. The van der Waals surface area contributed by atoms with Gasteiger partial charge in [-0.2, -0.15) is 4.98 Å². The van der Waals surface area contributed by atoms with Crippen molar-refractivity contribution in [3.8, 4) is 5.75 Å². The quantitative estimate of drug-likeness (QED) is 0.318. The predicted molar refractivity (Wildman–Crippen MR) is 116 cm³/mol. The molecule has 1 aromatic carbocycles. The first-order chi connectivity index (χ1) is 14.7. The Morgan fingerprint density at radius 3 is 2.68 bits per heavy atom. The summed E-state index contributed by atoms with van der Waals surface area (Å²) >= 11 is 1.42. The molecule has 2 heterocycles. The summed E-state index contributed by atoms with van der Waals surface area (Å²) in [5.74, 6) is 1.10. The lowest BCUT2D eigenvalue weighted by atomic mass is 10.2. The zero-order chi connectivity index (χ0) is 22.2. The average Bonchev–Trinajstić information content (AvgIpc) is 3.29. The van der Waals surface area contributed by atoms with Gasteiger partial charge in [0.05, 0.1) is 25.6 Å². The lowest BCUT2D eigenvalue weighted by molar-refractivity contribution is 0.0281. The number of nitrogen functional groups attached to an aromatic ring is 1. The highest BCUT2D eigenvalue weighted by atomic mass is 32.2. The molecule has 1 aliphatic rings. The molecule has 1 aliphatic carbocycles. The van der Waals surface area contributed by atoms with Gasteiger partial charge in [-0.05, 0) is 36.6 Å². The normalized spacial score (nSPS) is 20.8. The second-order valence-corrected chi connectivity index (χ2v) is 10.2. The van der Waals surface area contributed by atoms with Gasteiger partial charge in [-0.25, -0.2) is 9.97 Å². The average molecular weight is 465 g/mol. The summed E-state index contributed by atoms with van der Waals surface area (Å²) in [4.78, 5) is 32.6. The van der Waals surface area contributed by atoms with E-state index in [9.17, 15) is 14.4 Å². The second kappa shape index (κ2) is 8.40. The Morgan fingerprint density at radius 1 is 1.32 bits per heavy atom. The van der Waals surface area contributed by atoms with E-state index in [1.165, 1.54) is 11.8 Å². The van der Waals surface area contributed by atoms with E-state index in [1.54, 1.807) is 13.4 Å². The molecule has 10 nitrogen and oxygen atoms in total. The maximum absolute atomic E-state index is 11.3. The van der Waals surface area contributed by atoms with Crippen molar-refractivity contribution in [1.82, 2.24) is 19.5 Å². The lowest BCUT2D eigenvalue weighted by Gasteiger charge is -2.20. The van der Waals surface area contributed by atoms with E-state index in [1.807, 2.05) is 35.8 Å². The largest absolute Gasteiger partial charge is 0.497 e. The van der Waals surface area contributed by atoms with Crippen molar-refractivity contribution in [2.45, 2.75) is 41.8 Å². The van der Waals surface area contributed by atoms with Crippen molar-refractivity contribution in [1.29, 1.82) is 0 Å². The number of nitrogens with zero attached hydrogens (tertiary/aromatic N) is 4. The minimum atomic E-state index is -4.26. The number of ether oxygens (including phenoxy) is 2. The molecule has 0 spiro atoms. The SMILES string of the molecule is CCC1CC1(Cn1cnc2c(Sc3ccc(OC)cc3)nc(N)nc21)OCP(=O)(O)O. The molecule has 0 amide bonds. The van der Waals surface area contributed by atoms with E-state index in [0.717, 1.165) is 23.5 Å².